The summed E-state index contributed by atoms with van der Waals surface area (Å²) in [5.74, 6) is -1.11. The molecule has 0 fully saturated rings. The van der Waals surface area contributed by atoms with Crippen molar-refractivity contribution in [3.63, 3.8) is 0 Å². The summed E-state index contributed by atoms with van der Waals surface area (Å²) in [6.07, 6.45) is 1.24. The van der Waals surface area contributed by atoms with E-state index in [0.29, 0.717) is 16.5 Å². The van der Waals surface area contributed by atoms with Crippen molar-refractivity contribution < 1.29 is 19.4 Å². The highest BCUT2D eigenvalue weighted by Gasteiger charge is 2.13. The quantitative estimate of drug-likeness (QED) is 0.861. The van der Waals surface area contributed by atoms with Crippen LogP contribution < -0.4 is 10.1 Å². The van der Waals surface area contributed by atoms with E-state index < -0.39 is 11.9 Å². The van der Waals surface area contributed by atoms with Gasteiger partial charge in [-0.1, -0.05) is 16.8 Å². The second-order valence-electron chi connectivity index (χ2n) is 4.00. The number of carboxylic acids is 1. The molecule has 2 rings (SSSR count). The Morgan fingerprint density at radius 2 is 2.24 bits per heavy atom. The molecule has 21 heavy (non-hydrogen) atoms. The first-order valence-corrected chi connectivity index (χ1v) is 6.14. The number of amides is 1. The van der Waals surface area contributed by atoms with E-state index in [1.807, 2.05) is 0 Å². The van der Waals surface area contributed by atoms with Gasteiger partial charge in [0.2, 0.25) is 0 Å². The Labute approximate surface area is 124 Å². The molecule has 0 aliphatic carbocycles. The second-order valence-corrected chi connectivity index (χ2v) is 4.41. The van der Waals surface area contributed by atoms with Gasteiger partial charge in [0.25, 0.3) is 5.91 Å². The highest BCUT2D eigenvalue weighted by Crippen LogP contribution is 2.27. The van der Waals surface area contributed by atoms with Crippen molar-refractivity contribution in [3.05, 3.63) is 35.1 Å². The van der Waals surface area contributed by atoms with E-state index in [4.69, 9.17) is 21.4 Å². The molecule has 2 aromatic rings. The molecule has 2 N–H and O–H groups in total. The fourth-order valence-corrected chi connectivity index (χ4v) is 1.82. The summed E-state index contributed by atoms with van der Waals surface area (Å²) < 4.78 is 6.06. The van der Waals surface area contributed by atoms with Gasteiger partial charge in [-0.3, -0.25) is 9.59 Å². The van der Waals surface area contributed by atoms with E-state index >= 15 is 0 Å². The van der Waals surface area contributed by atoms with Crippen molar-refractivity contribution in [1.29, 1.82) is 0 Å². The van der Waals surface area contributed by atoms with Gasteiger partial charge in [0.05, 0.1) is 18.3 Å². The first-order chi connectivity index (χ1) is 9.99. The van der Waals surface area contributed by atoms with Gasteiger partial charge < -0.3 is 15.2 Å². The van der Waals surface area contributed by atoms with Crippen LogP contribution in [0.25, 0.3) is 0 Å². The molecule has 1 amide bonds. The van der Waals surface area contributed by atoms with Crippen LogP contribution in [-0.2, 0) is 11.3 Å². The number of halogens is 1. The minimum atomic E-state index is -1.08. The predicted octanol–water partition coefficient (Wildman–Crippen LogP) is 1.28. The SMILES string of the molecule is COc1ccc(NC(=O)c2cn(CC(=O)O)nn2)cc1Cl. The first kappa shape index (κ1) is 14.8. The van der Waals surface area contributed by atoms with Crippen molar-refractivity contribution >= 4 is 29.2 Å². The van der Waals surface area contributed by atoms with Crippen LogP contribution in [0.3, 0.4) is 0 Å². The Morgan fingerprint density at radius 1 is 1.48 bits per heavy atom. The molecule has 110 valence electrons. The normalized spacial score (nSPS) is 10.2. The van der Waals surface area contributed by atoms with E-state index in [0.717, 1.165) is 4.68 Å². The number of anilines is 1. The summed E-state index contributed by atoms with van der Waals surface area (Å²) >= 11 is 5.95. The Hall–Kier alpha value is -2.61. The van der Waals surface area contributed by atoms with E-state index in [-0.39, 0.29) is 12.2 Å². The minimum absolute atomic E-state index is 0.00295. The number of ether oxygens (including phenoxy) is 1. The summed E-state index contributed by atoms with van der Waals surface area (Å²) in [6.45, 7) is -0.366. The van der Waals surface area contributed by atoms with E-state index in [2.05, 4.69) is 15.6 Å². The molecule has 9 heteroatoms. The predicted molar refractivity (Wildman–Crippen MR) is 73.6 cm³/mol. The van der Waals surface area contributed by atoms with Gasteiger partial charge in [-0.25, -0.2) is 4.68 Å². The van der Waals surface area contributed by atoms with Crippen LogP contribution in [0.1, 0.15) is 10.5 Å². The molecule has 0 saturated carbocycles. The zero-order chi connectivity index (χ0) is 15.4. The molecule has 0 bridgehead atoms. The molecule has 1 heterocycles. The van der Waals surface area contributed by atoms with Gasteiger partial charge in [-0.2, -0.15) is 0 Å². The number of aromatic nitrogens is 3. The number of methoxy groups -OCH3 is 1. The number of nitrogens with one attached hydrogen (secondary N) is 1. The van der Waals surface area contributed by atoms with Crippen molar-refractivity contribution in [2.75, 3.05) is 12.4 Å². The number of nitrogens with zero attached hydrogens (tertiary/aromatic N) is 3. The lowest BCUT2D eigenvalue weighted by Gasteiger charge is -2.06. The first-order valence-electron chi connectivity index (χ1n) is 5.76. The Bertz CT molecular complexity index is 686. The van der Waals surface area contributed by atoms with E-state index in [1.165, 1.54) is 19.4 Å². The lowest BCUT2D eigenvalue weighted by Crippen LogP contribution is -2.12. The fraction of sp³-hybridized carbons (Fsp3) is 0.167. The van der Waals surface area contributed by atoms with Gasteiger partial charge in [0, 0.05) is 5.69 Å². The number of benzene rings is 1. The van der Waals surface area contributed by atoms with Gasteiger partial charge >= 0.3 is 5.97 Å². The van der Waals surface area contributed by atoms with Crippen LogP contribution in [0.2, 0.25) is 5.02 Å². The Morgan fingerprint density at radius 3 is 2.86 bits per heavy atom. The van der Waals surface area contributed by atoms with Crippen LogP contribution in [0, 0.1) is 0 Å². The largest absolute Gasteiger partial charge is 0.495 e. The second kappa shape index (κ2) is 6.23. The molecule has 8 nitrogen and oxygen atoms in total. The summed E-state index contributed by atoms with van der Waals surface area (Å²) in [7, 11) is 1.49. The average Bonchev–Trinajstić information content (AvgIpc) is 2.86. The maximum absolute atomic E-state index is 11.9. The third kappa shape index (κ3) is 3.69. The van der Waals surface area contributed by atoms with E-state index in [1.54, 1.807) is 12.1 Å². The molecule has 0 aliphatic rings. The minimum Gasteiger partial charge on any atom is -0.495 e. The molecule has 0 aliphatic heterocycles. The molecule has 0 atom stereocenters. The van der Waals surface area contributed by atoms with Crippen molar-refractivity contribution in [2.45, 2.75) is 6.54 Å². The fourth-order valence-electron chi connectivity index (χ4n) is 1.56. The number of rotatable bonds is 5. The topological polar surface area (TPSA) is 106 Å². The maximum Gasteiger partial charge on any atom is 0.325 e. The van der Waals surface area contributed by atoms with Crippen molar-refractivity contribution in [2.24, 2.45) is 0 Å². The van der Waals surface area contributed by atoms with Gasteiger partial charge in [0.15, 0.2) is 5.69 Å². The average molecular weight is 311 g/mol. The monoisotopic (exact) mass is 310 g/mol. The van der Waals surface area contributed by atoms with Gasteiger partial charge in [-0.05, 0) is 18.2 Å². The number of aliphatic carboxylic acids is 1. The summed E-state index contributed by atoms with van der Waals surface area (Å²) in [4.78, 5) is 22.5. The third-order valence-electron chi connectivity index (χ3n) is 2.48. The highest BCUT2D eigenvalue weighted by molar-refractivity contribution is 6.32. The number of hydrogen-bond donors (Lipinski definition) is 2. The molecule has 1 aromatic heterocycles. The lowest BCUT2D eigenvalue weighted by molar-refractivity contribution is -0.137. The molecule has 1 aromatic carbocycles. The van der Waals surface area contributed by atoms with Crippen LogP contribution in [0.4, 0.5) is 5.69 Å². The number of carbonyl (C=O) groups is 2. The molecule has 0 radical (unpaired) electrons. The van der Waals surface area contributed by atoms with E-state index in [9.17, 15) is 9.59 Å². The number of carbonyl (C=O) groups excluding carboxylic acids is 1. The van der Waals surface area contributed by atoms with Gasteiger partial charge in [0.1, 0.15) is 12.3 Å². The molecular weight excluding hydrogens is 300 g/mol. The molecule has 0 unspecified atom stereocenters. The highest BCUT2D eigenvalue weighted by atomic mass is 35.5. The number of carboxylic acid groups (broad SMARTS) is 1. The lowest BCUT2D eigenvalue weighted by atomic mass is 10.3. The van der Waals surface area contributed by atoms with Crippen LogP contribution in [-0.4, -0.2) is 39.1 Å². The summed E-state index contributed by atoms with van der Waals surface area (Å²) in [6, 6.07) is 4.75. The summed E-state index contributed by atoms with van der Waals surface area (Å²) in [5, 5.41) is 18.7. The zero-order valence-electron chi connectivity index (χ0n) is 10.9. The Kier molecular flexibility index (Phi) is 4.39. The van der Waals surface area contributed by atoms with Crippen LogP contribution in [0.5, 0.6) is 5.75 Å². The van der Waals surface area contributed by atoms with Crippen LogP contribution >= 0.6 is 11.6 Å². The van der Waals surface area contributed by atoms with Crippen LogP contribution in [0.15, 0.2) is 24.4 Å². The van der Waals surface area contributed by atoms with Crippen molar-refractivity contribution in [3.8, 4) is 5.75 Å². The van der Waals surface area contributed by atoms with Gasteiger partial charge in [-0.15, -0.1) is 5.10 Å². The smallest absolute Gasteiger partial charge is 0.325 e. The zero-order valence-corrected chi connectivity index (χ0v) is 11.7. The third-order valence-corrected chi connectivity index (χ3v) is 2.77. The Balaban J connectivity index is 2.09. The molecular formula is C12H11ClN4O4. The summed E-state index contributed by atoms with van der Waals surface area (Å²) in [5.41, 5.74) is 0.460. The maximum atomic E-state index is 11.9. The standard InChI is InChI=1S/C12H11ClN4O4/c1-21-10-3-2-7(4-8(10)13)14-12(20)9-5-17(16-15-9)6-11(18)19/h2-5H,6H2,1H3,(H,14,20)(H,18,19). The molecule has 0 spiro atoms. The molecule has 0 saturated heterocycles. The van der Waals surface area contributed by atoms with Crippen molar-refractivity contribution in [1.82, 2.24) is 15.0 Å². The number of hydrogen-bond acceptors (Lipinski definition) is 5.